The van der Waals surface area contributed by atoms with E-state index >= 15 is 0 Å². The maximum Gasteiger partial charge on any atom is 0.126 e. The van der Waals surface area contributed by atoms with Gasteiger partial charge < -0.3 is 9.84 Å². The highest BCUT2D eigenvalue weighted by atomic mass is 19.1. The van der Waals surface area contributed by atoms with Crippen LogP contribution in [0.2, 0.25) is 0 Å². The van der Waals surface area contributed by atoms with Gasteiger partial charge in [-0.3, -0.25) is 0 Å². The second-order valence-corrected chi connectivity index (χ2v) is 4.87. The molecule has 0 aromatic heterocycles. The van der Waals surface area contributed by atoms with E-state index in [1.54, 1.807) is 0 Å². The van der Waals surface area contributed by atoms with E-state index in [2.05, 4.69) is 0 Å². The summed E-state index contributed by atoms with van der Waals surface area (Å²) >= 11 is 0. The Labute approximate surface area is 90.8 Å². The molecule has 2 fully saturated rings. The third-order valence-corrected chi connectivity index (χ3v) is 3.64. The monoisotopic (exact) mass is 216 g/mol. The summed E-state index contributed by atoms with van der Waals surface area (Å²) in [6.07, 6.45) is 5.84. The first-order chi connectivity index (χ1) is 7.27. The molecule has 2 saturated carbocycles. The summed E-state index contributed by atoms with van der Waals surface area (Å²) < 4.78 is 19.3. The minimum atomic E-state index is -0.812. The number of hydrogen-bond donors (Lipinski definition) is 1. The van der Waals surface area contributed by atoms with E-state index in [0.29, 0.717) is 6.42 Å². The molecule has 2 aliphatic rings. The van der Waals surface area contributed by atoms with Gasteiger partial charge in [-0.05, 0) is 25.7 Å². The standard InChI is InChI=1S/C12H21FO2/c13-9-5-1-3-7-11(9)15-12-8-4-2-6-10(12)14/h9-12,14H,1-8H2/t9-,10+,11-,12-/m0/s1. The minimum absolute atomic E-state index is 0.111. The van der Waals surface area contributed by atoms with E-state index < -0.39 is 6.17 Å². The Balaban J connectivity index is 1.83. The molecular weight excluding hydrogens is 195 g/mol. The topological polar surface area (TPSA) is 29.5 Å². The van der Waals surface area contributed by atoms with Crippen LogP contribution in [0.5, 0.6) is 0 Å². The fourth-order valence-corrected chi connectivity index (χ4v) is 2.67. The van der Waals surface area contributed by atoms with Gasteiger partial charge in [0.2, 0.25) is 0 Å². The lowest BCUT2D eigenvalue weighted by Crippen LogP contribution is -2.40. The fourth-order valence-electron chi connectivity index (χ4n) is 2.67. The molecule has 2 aliphatic carbocycles. The van der Waals surface area contributed by atoms with Crippen LogP contribution in [0.15, 0.2) is 0 Å². The van der Waals surface area contributed by atoms with Crippen molar-refractivity contribution < 1.29 is 14.2 Å². The summed E-state index contributed by atoms with van der Waals surface area (Å²) in [5.41, 5.74) is 0. The summed E-state index contributed by atoms with van der Waals surface area (Å²) in [5, 5.41) is 9.74. The van der Waals surface area contributed by atoms with Crippen molar-refractivity contribution >= 4 is 0 Å². The first kappa shape index (κ1) is 11.3. The molecule has 0 aromatic rings. The van der Waals surface area contributed by atoms with E-state index in [0.717, 1.165) is 44.9 Å². The molecule has 0 heterocycles. The van der Waals surface area contributed by atoms with Gasteiger partial charge in [0.05, 0.1) is 18.3 Å². The Kier molecular flexibility index (Phi) is 3.98. The molecule has 4 atom stereocenters. The van der Waals surface area contributed by atoms with Gasteiger partial charge in [-0.15, -0.1) is 0 Å². The summed E-state index contributed by atoms with van der Waals surface area (Å²) in [7, 11) is 0. The second-order valence-electron chi connectivity index (χ2n) is 4.87. The van der Waals surface area contributed by atoms with Crippen molar-refractivity contribution in [3.05, 3.63) is 0 Å². The van der Waals surface area contributed by atoms with Gasteiger partial charge in [-0.1, -0.05) is 25.7 Å². The zero-order valence-corrected chi connectivity index (χ0v) is 9.20. The number of hydrogen-bond acceptors (Lipinski definition) is 2. The lowest BCUT2D eigenvalue weighted by Gasteiger charge is -2.34. The van der Waals surface area contributed by atoms with Crippen molar-refractivity contribution in [1.82, 2.24) is 0 Å². The highest BCUT2D eigenvalue weighted by Gasteiger charge is 2.31. The van der Waals surface area contributed by atoms with Crippen LogP contribution in [-0.4, -0.2) is 29.6 Å². The van der Waals surface area contributed by atoms with E-state index in [9.17, 15) is 9.50 Å². The van der Waals surface area contributed by atoms with Gasteiger partial charge >= 0.3 is 0 Å². The maximum absolute atomic E-state index is 13.5. The van der Waals surface area contributed by atoms with Gasteiger partial charge in [-0.25, -0.2) is 4.39 Å². The fraction of sp³-hybridized carbons (Fsp3) is 1.00. The number of aliphatic hydroxyl groups excluding tert-OH is 1. The van der Waals surface area contributed by atoms with Gasteiger partial charge in [0.15, 0.2) is 0 Å². The van der Waals surface area contributed by atoms with E-state index in [1.165, 1.54) is 0 Å². The molecule has 88 valence electrons. The maximum atomic E-state index is 13.5. The zero-order chi connectivity index (χ0) is 10.7. The highest BCUT2D eigenvalue weighted by Crippen LogP contribution is 2.29. The quantitative estimate of drug-likeness (QED) is 0.768. The van der Waals surface area contributed by atoms with Crippen molar-refractivity contribution in [2.45, 2.75) is 75.9 Å². The molecule has 0 spiro atoms. The van der Waals surface area contributed by atoms with Crippen LogP contribution in [0.25, 0.3) is 0 Å². The Bertz CT molecular complexity index is 178. The Hall–Kier alpha value is -0.150. The molecule has 0 amide bonds. The Morgan fingerprint density at radius 2 is 1.47 bits per heavy atom. The van der Waals surface area contributed by atoms with E-state index in [4.69, 9.17) is 4.74 Å². The summed E-state index contributed by atoms with van der Waals surface area (Å²) in [5.74, 6) is 0. The van der Waals surface area contributed by atoms with E-state index in [1.807, 2.05) is 0 Å². The smallest absolute Gasteiger partial charge is 0.126 e. The van der Waals surface area contributed by atoms with Crippen LogP contribution >= 0.6 is 0 Å². The first-order valence-corrected chi connectivity index (χ1v) is 6.25. The van der Waals surface area contributed by atoms with Gasteiger partial charge in [0.25, 0.3) is 0 Å². The van der Waals surface area contributed by atoms with Crippen LogP contribution < -0.4 is 0 Å². The van der Waals surface area contributed by atoms with Crippen LogP contribution in [0.1, 0.15) is 51.4 Å². The second kappa shape index (κ2) is 5.26. The Morgan fingerprint density at radius 1 is 0.867 bits per heavy atom. The number of aliphatic hydroxyl groups is 1. The first-order valence-electron chi connectivity index (χ1n) is 6.25. The lowest BCUT2D eigenvalue weighted by molar-refractivity contribution is -0.124. The molecule has 0 bridgehead atoms. The van der Waals surface area contributed by atoms with Crippen LogP contribution in [0.4, 0.5) is 4.39 Å². The SMILES string of the molecule is O[C@@H]1CCCC[C@@H]1O[C@H]1CCCC[C@@H]1F. The normalized spacial score (nSPS) is 42.8. The zero-order valence-electron chi connectivity index (χ0n) is 9.20. The van der Waals surface area contributed by atoms with Crippen molar-refractivity contribution in [2.24, 2.45) is 0 Å². The average Bonchev–Trinajstić information content (AvgIpc) is 2.24. The predicted octanol–water partition coefficient (Wildman–Crippen LogP) is 2.59. The lowest BCUT2D eigenvalue weighted by atomic mass is 9.92. The van der Waals surface area contributed by atoms with Crippen molar-refractivity contribution in [2.75, 3.05) is 0 Å². The molecule has 2 rings (SSSR count). The van der Waals surface area contributed by atoms with Crippen LogP contribution in [0, 0.1) is 0 Å². The third-order valence-electron chi connectivity index (χ3n) is 3.64. The summed E-state index contributed by atoms with van der Waals surface area (Å²) in [4.78, 5) is 0. The Morgan fingerprint density at radius 3 is 2.13 bits per heavy atom. The molecule has 0 aliphatic heterocycles. The minimum Gasteiger partial charge on any atom is -0.390 e. The number of halogens is 1. The molecule has 15 heavy (non-hydrogen) atoms. The highest BCUT2D eigenvalue weighted by molar-refractivity contribution is 4.81. The number of ether oxygens (including phenoxy) is 1. The molecule has 0 aromatic carbocycles. The predicted molar refractivity (Wildman–Crippen MR) is 56.5 cm³/mol. The van der Waals surface area contributed by atoms with Crippen molar-refractivity contribution in [3.8, 4) is 0 Å². The summed E-state index contributed by atoms with van der Waals surface area (Å²) in [6, 6.07) is 0. The molecule has 0 unspecified atom stereocenters. The van der Waals surface area contributed by atoms with E-state index in [-0.39, 0.29) is 18.3 Å². The largest absolute Gasteiger partial charge is 0.390 e. The molecule has 0 radical (unpaired) electrons. The summed E-state index contributed by atoms with van der Waals surface area (Å²) in [6.45, 7) is 0. The van der Waals surface area contributed by atoms with Crippen molar-refractivity contribution in [3.63, 3.8) is 0 Å². The van der Waals surface area contributed by atoms with Gasteiger partial charge in [0, 0.05) is 0 Å². The average molecular weight is 216 g/mol. The number of alkyl halides is 1. The third kappa shape index (κ3) is 2.91. The molecule has 2 nitrogen and oxygen atoms in total. The molecule has 0 saturated heterocycles. The van der Waals surface area contributed by atoms with Crippen LogP contribution in [-0.2, 0) is 4.74 Å². The molecular formula is C12H21FO2. The molecule has 1 N–H and O–H groups in total. The van der Waals surface area contributed by atoms with Crippen molar-refractivity contribution in [1.29, 1.82) is 0 Å². The van der Waals surface area contributed by atoms with Crippen LogP contribution in [0.3, 0.4) is 0 Å². The van der Waals surface area contributed by atoms with Gasteiger partial charge in [0.1, 0.15) is 6.17 Å². The molecule has 3 heteroatoms. The van der Waals surface area contributed by atoms with Gasteiger partial charge in [-0.2, -0.15) is 0 Å². The number of rotatable bonds is 2.